The minimum absolute atomic E-state index is 0.0259. The zero-order valence-electron chi connectivity index (χ0n) is 32.9. The first-order valence-electron chi connectivity index (χ1n) is 19.9. The van der Waals surface area contributed by atoms with Gasteiger partial charge in [0, 0.05) is 72.1 Å². The second kappa shape index (κ2) is 17.5. The molecule has 59 heavy (non-hydrogen) atoms. The van der Waals surface area contributed by atoms with E-state index in [0.29, 0.717) is 35.2 Å². The van der Waals surface area contributed by atoms with Gasteiger partial charge in [0.15, 0.2) is 5.82 Å². The molecule has 10 rings (SSSR count). The molecular weight excluding hydrogens is 742 g/mol. The summed E-state index contributed by atoms with van der Waals surface area (Å²) < 4.78 is 13.4. The summed E-state index contributed by atoms with van der Waals surface area (Å²) in [6.07, 6.45) is 6.92. The maximum atomic E-state index is 13.4. The molecule has 0 unspecified atom stereocenters. The molecule has 0 saturated carbocycles. The lowest BCUT2D eigenvalue weighted by atomic mass is 10.1. The van der Waals surface area contributed by atoms with Crippen LogP contribution in [0, 0.1) is 5.95 Å². The molecule has 4 aromatic carbocycles. The van der Waals surface area contributed by atoms with Gasteiger partial charge in [0.05, 0.1) is 34.6 Å². The number of benzene rings is 4. The van der Waals surface area contributed by atoms with E-state index in [9.17, 15) is 14.0 Å². The maximum Gasteiger partial charge on any atom is 0.253 e. The molecule has 0 saturated heterocycles. The summed E-state index contributed by atoms with van der Waals surface area (Å²) in [6, 6.07) is 35.9. The first-order valence-corrected chi connectivity index (χ1v) is 19.9. The third-order valence-corrected chi connectivity index (χ3v) is 10.3. The second-order valence-electron chi connectivity index (χ2n) is 14.2. The number of halogens is 1. The number of hydrogen-bond donors (Lipinski definition) is 4. The molecule has 0 spiro atoms. The van der Waals surface area contributed by atoms with E-state index in [4.69, 9.17) is 4.98 Å². The quantitative estimate of drug-likeness (QED) is 0.127. The fraction of sp³-hybridized carbons (Fsp3) is 0.191. The van der Waals surface area contributed by atoms with Crippen LogP contribution < -0.4 is 15.5 Å². The van der Waals surface area contributed by atoms with Crippen molar-refractivity contribution < 1.29 is 14.0 Å². The van der Waals surface area contributed by atoms with Crippen LogP contribution in [0.3, 0.4) is 0 Å². The summed E-state index contributed by atoms with van der Waals surface area (Å²) in [5.74, 6) is 0.0648. The third kappa shape index (κ3) is 8.43. The van der Waals surface area contributed by atoms with Gasteiger partial charge >= 0.3 is 0 Å². The van der Waals surface area contributed by atoms with Crippen LogP contribution in [0.2, 0.25) is 0 Å². The monoisotopic (exact) mass is 785 g/mol. The summed E-state index contributed by atoms with van der Waals surface area (Å²) in [4.78, 5) is 50.4. The highest BCUT2D eigenvalue weighted by Crippen LogP contribution is 2.32. The van der Waals surface area contributed by atoms with Crippen LogP contribution >= 0.6 is 0 Å². The van der Waals surface area contributed by atoms with Crippen molar-refractivity contribution in [2.45, 2.75) is 39.5 Å². The fourth-order valence-corrected chi connectivity index (χ4v) is 7.50. The minimum Gasteiger partial charge on any atom is -0.358 e. The van der Waals surface area contributed by atoms with Crippen molar-refractivity contribution in [1.82, 2.24) is 40.5 Å². The number of carbonyl (C=O) groups excluding carboxylic acids is 2. The molecule has 0 radical (unpaired) electrons. The van der Waals surface area contributed by atoms with Gasteiger partial charge in [0.2, 0.25) is 5.95 Å². The number of carbonyl (C=O) groups is 2. The van der Waals surface area contributed by atoms with E-state index in [1.807, 2.05) is 60.8 Å². The number of aryl methyl sites for hydroxylation is 1. The van der Waals surface area contributed by atoms with E-state index in [0.717, 1.165) is 82.0 Å². The average Bonchev–Trinajstić information content (AvgIpc) is 3.92. The van der Waals surface area contributed by atoms with Gasteiger partial charge in [0.25, 0.3) is 11.8 Å². The first kappa shape index (κ1) is 38.7. The summed E-state index contributed by atoms with van der Waals surface area (Å²) in [5, 5.41) is 5.70. The van der Waals surface area contributed by atoms with Crippen LogP contribution in [0.25, 0.3) is 44.6 Å². The number of aromatic nitrogens is 6. The van der Waals surface area contributed by atoms with Gasteiger partial charge in [0.1, 0.15) is 11.0 Å². The number of H-pyrrole nitrogens is 2. The van der Waals surface area contributed by atoms with E-state index < -0.39 is 5.95 Å². The van der Waals surface area contributed by atoms with E-state index in [1.54, 1.807) is 12.1 Å². The minimum atomic E-state index is -0.621. The van der Waals surface area contributed by atoms with Crippen molar-refractivity contribution in [3.05, 3.63) is 156 Å². The van der Waals surface area contributed by atoms with Gasteiger partial charge in [-0.1, -0.05) is 86.1 Å². The maximum absolute atomic E-state index is 13.4. The first-order chi connectivity index (χ1) is 28.9. The van der Waals surface area contributed by atoms with E-state index in [2.05, 4.69) is 96.8 Å². The Morgan fingerprint density at radius 2 is 1.17 bits per heavy atom. The largest absolute Gasteiger partial charge is 0.358 e. The molecule has 4 N–H and O–H groups in total. The standard InChI is InChI=1S/C23H21N5O.C15H11FN4O.C9H12/c1-2-28(15-7-4-3-5-8-15)21-14-25-19-10-6-9-16(22(19)27-21)20-13-17-18(26-20)11-12-24-23(17)29;16-13-7-18-11-3-1-2-8(14(11)20-13)12-6-9-10(19-12)4-5-17-15(9)21;1-2-6-9-7-4-3-5-8-9/h3-10,13-14,26H,2,11-12H2,1H3,(H,24,29);1-3,6-7,19H,4-5H2,(H,17,21);3-5,7-8H,2,6H2,1H3. The topological polar surface area (TPSA) is 145 Å². The van der Waals surface area contributed by atoms with Crippen molar-refractivity contribution in [3.8, 4) is 22.5 Å². The third-order valence-electron chi connectivity index (χ3n) is 10.3. The highest BCUT2D eigenvalue weighted by Gasteiger charge is 2.23. The number of rotatable bonds is 7. The van der Waals surface area contributed by atoms with E-state index >= 15 is 0 Å². The van der Waals surface area contributed by atoms with Crippen LogP contribution in [0.4, 0.5) is 15.9 Å². The number of hydrogen-bond acceptors (Lipinski definition) is 7. The predicted octanol–water partition coefficient (Wildman–Crippen LogP) is 8.76. The average molecular weight is 786 g/mol. The normalized spacial score (nSPS) is 12.9. The molecule has 0 fully saturated rings. The summed E-state index contributed by atoms with van der Waals surface area (Å²) >= 11 is 0. The van der Waals surface area contributed by atoms with Crippen molar-refractivity contribution >= 4 is 45.4 Å². The summed E-state index contributed by atoms with van der Waals surface area (Å²) in [6.45, 7) is 6.36. The van der Waals surface area contributed by atoms with Crippen molar-refractivity contribution in [2.24, 2.45) is 0 Å². The fourth-order valence-electron chi connectivity index (χ4n) is 7.50. The van der Waals surface area contributed by atoms with Gasteiger partial charge in [-0.3, -0.25) is 14.6 Å². The zero-order valence-corrected chi connectivity index (χ0v) is 32.9. The van der Waals surface area contributed by atoms with E-state index in [-0.39, 0.29) is 11.8 Å². The number of fused-ring (bicyclic) bond motifs is 4. The molecule has 0 bridgehead atoms. The molecule has 2 aliphatic heterocycles. The van der Waals surface area contributed by atoms with Gasteiger partial charge in [-0.15, -0.1) is 0 Å². The van der Waals surface area contributed by atoms with Gasteiger partial charge in [-0.2, -0.15) is 4.39 Å². The van der Waals surface area contributed by atoms with Crippen molar-refractivity contribution in [1.29, 1.82) is 0 Å². The smallest absolute Gasteiger partial charge is 0.253 e. The SMILES string of the molecule is CCCc1ccccc1.CCN(c1ccccc1)c1cnc2cccc(-c3cc4c([nH]3)CCNC4=O)c2n1.O=C1NCCc2[nH]c(-c3cccc4ncc(F)nc34)cc21. The van der Waals surface area contributed by atoms with Crippen LogP contribution in [-0.4, -0.2) is 61.4 Å². The highest BCUT2D eigenvalue weighted by atomic mass is 19.1. The van der Waals surface area contributed by atoms with Gasteiger partial charge in [-0.05, 0) is 55.3 Å². The molecule has 0 aliphatic carbocycles. The van der Waals surface area contributed by atoms with Crippen LogP contribution in [0.5, 0.6) is 0 Å². The summed E-state index contributed by atoms with van der Waals surface area (Å²) in [7, 11) is 0. The van der Waals surface area contributed by atoms with E-state index in [1.165, 1.54) is 18.4 Å². The Hall–Kier alpha value is -7.21. The molecule has 2 amide bonds. The number of nitrogens with zero attached hydrogens (tertiary/aromatic N) is 5. The zero-order chi connectivity index (χ0) is 40.7. The lowest BCUT2D eigenvalue weighted by Crippen LogP contribution is -2.31. The lowest BCUT2D eigenvalue weighted by molar-refractivity contribution is 0.0937. The highest BCUT2D eigenvalue weighted by molar-refractivity contribution is 6.00. The van der Waals surface area contributed by atoms with Crippen LogP contribution in [0.1, 0.15) is 57.9 Å². The number of nitrogens with one attached hydrogen (secondary N) is 4. The van der Waals surface area contributed by atoms with Crippen LogP contribution in [0.15, 0.2) is 122 Å². The Kier molecular flexibility index (Phi) is 11.5. The Morgan fingerprint density at radius 1 is 0.627 bits per heavy atom. The molecule has 4 aromatic heterocycles. The molecule has 2 aliphatic rings. The Bertz CT molecular complexity index is 2750. The summed E-state index contributed by atoms with van der Waals surface area (Å²) in [5.41, 5.74) is 11.8. The molecular formula is C47H44FN9O2. The lowest BCUT2D eigenvalue weighted by Gasteiger charge is -2.22. The Morgan fingerprint density at radius 3 is 1.71 bits per heavy atom. The second-order valence-corrected chi connectivity index (χ2v) is 14.2. The number of aromatic amines is 2. The number of amides is 2. The number of para-hydroxylation sites is 3. The molecule has 296 valence electrons. The molecule has 0 atom stereocenters. The van der Waals surface area contributed by atoms with Gasteiger partial charge < -0.3 is 25.5 Å². The molecule has 12 heteroatoms. The number of anilines is 2. The van der Waals surface area contributed by atoms with Gasteiger partial charge in [-0.25, -0.2) is 15.0 Å². The van der Waals surface area contributed by atoms with Crippen LogP contribution in [-0.2, 0) is 19.3 Å². The Labute approximate surface area is 341 Å². The molecule has 11 nitrogen and oxygen atoms in total. The predicted molar refractivity (Wildman–Crippen MR) is 230 cm³/mol. The van der Waals surface area contributed by atoms with Crippen molar-refractivity contribution in [3.63, 3.8) is 0 Å². The Balaban J connectivity index is 0.000000140. The van der Waals surface area contributed by atoms with Crippen molar-refractivity contribution in [2.75, 3.05) is 24.5 Å². The molecule has 6 heterocycles. The molecule has 8 aromatic rings.